The van der Waals surface area contributed by atoms with Crippen molar-refractivity contribution < 1.29 is 13.2 Å². The van der Waals surface area contributed by atoms with E-state index in [1.54, 1.807) is 0 Å². The van der Waals surface area contributed by atoms with Gasteiger partial charge in [0.05, 0.1) is 5.56 Å². The summed E-state index contributed by atoms with van der Waals surface area (Å²) in [6, 6.07) is 4.07. The van der Waals surface area contributed by atoms with Crippen LogP contribution in [0, 0.1) is 11.8 Å². The molecule has 0 aromatic heterocycles. The molecule has 1 fully saturated rings. The molecule has 1 aromatic rings. The van der Waals surface area contributed by atoms with Crippen LogP contribution in [0.4, 0.5) is 18.9 Å². The topological polar surface area (TPSA) is 12.0 Å². The normalized spacial score (nSPS) is 23.1. The van der Waals surface area contributed by atoms with Gasteiger partial charge in [-0.05, 0) is 42.9 Å². The average molecular weight is 364 g/mol. The molecule has 0 bridgehead atoms. The third-order valence-electron chi connectivity index (χ3n) is 4.41. The lowest BCUT2D eigenvalue weighted by Crippen LogP contribution is -2.22. The minimum atomic E-state index is -4.32. The molecule has 1 saturated carbocycles. The molecule has 1 nitrogen and oxygen atoms in total. The third kappa shape index (κ3) is 4.63. The molecule has 118 valence electrons. The van der Waals surface area contributed by atoms with Crippen molar-refractivity contribution >= 4 is 21.6 Å². The van der Waals surface area contributed by atoms with Crippen molar-refractivity contribution in [1.29, 1.82) is 0 Å². The maximum atomic E-state index is 13.0. The molecule has 1 N–H and O–H groups in total. The van der Waals surface area contributed by atoms with Crippen molar-refractivity contribution in [3.63, 3.8) is 0 Å². The SMILES string of the molecule is CCC1CCC(CNc2cc(Br)ccc2C(F)(F)F)CC1. The van der Waals surface area contributed by atoms with E-state index >= 15 is 0 Å². The van der Waals surface area contributed by atoms with Gasteiger partial charge in [-0.25, -0.2) is 0 Å². The Kier molecular flexibility index (Phi) is 5.58. The quantitative estimate of drug-likeness (QED) is 0.681. The van der Waals surface area contributed by atoms with E-state index in [1.165, 1.54) is 31.4 Å². The molecule has 1 aliphatic rings. The van der Waals surface area contributed by atoms with Crippen LogP contribution < -0.4 is 5.32 Å². The molecule has 0 aliphatic heterocycles. The standard InChI is InChI=1S/C16H21BrF3N/c1-2-11-3-5-12(6-4-11)10-21-15-9-13(17)7-8-14(15)16(18,19)20/h7-9,11-12,21H,2-6,10H2,1H3. The van der Waals surface area contributed by atoms with Crippen molar-refractivity contribution in [3.8, 4) is 0 Å². The molecule has 0 amide bonds. The summed E-state index contributed by atoms with van der Waals surface area (Å²) in [4.78, 5) is 0. The first-order chi connectivity index (χ1) is 9.90. The highest BCUT2D eigenvalue weighted by Crippen LogP contribution is 2.37. The summed E-state index contributed by atoms with van der Waals surface area (Å²) in [6.45, 7) is 2.83. The molecule has 0 radical (unpaired) electrons. The highest BCUT2D eigenvalue weighted by molar-refractivity contribution is 9.10. The molecular weight excluding hydrogens is 343 g/mol. The van der Waals surface area contributed by atoms with Crippen LogP contribution in [0.3, 0.4) is 0 Å². The van der Waals surface area contributed by atoms with E-state index in [9.17, 15) is 13.2 Å². The summed E-state index contributed by atoms with van der Waals surface area (Å²) in [5.74, 6) is 1.28. The fourth-order valence-electron chi connectivity index (χ4n) is 3.01. The summed E-state index contributed by atoms with van der Waals surface area (Å²) < 4.78 is 39.6. The van der Waals surface area contributed by atoms with Gasteiger partial charge in [0, 0.05) is 16.7 Å². The summed E-state index contributed by atoms with van der Waals surface area (Å²) in [5, 5.41) is 3.01. The van der Waals surface area contributed by atoms with E-state index in [1.807, 2.05) is 0 Å². The highest BCUT2D eigenvalue weighted by Gasteiger charge is 2.33. The largest absolute Gasteiger partial charge is 0.418 e. The van der Waals surface area contributed by atoms with Crippen molar-refractivity contribution in [2.45, 2.75) is 45.2 Å². The van der Waals surface area contributed by atoms with Gasteiger partial charge < -0.3 is 5.32 Å². The van der Waals surface area contributed by atoms with E-state index in [-0.39, 0.29) is 5.69 Å². The second-order valence-corrected chi connectivity index (χ2v) is 6.78. The van der Waals surface area contributed by atoms with E-state index in [2.05, 4.69) is 28.2 Å². The molecule has 0 unspecified atom stereocenters. The molecule has 21 heavy (non-hydrogen) atoms. The Morgan fingerprint density at radius 3 is 2.33 bits per heavy atom. The van der Waals surface area contributed by atoms with E-state index in [0.717, 1.165) is 24.8 Å². The van der Waals surface area contributed by atoms with Gasteiger partial charge >= 0.3 is 6.18 Å². The lowest BCUT2D eigenvalue weighted by molar-refractivity contribution is -0.137. The van der Waals surface area contributed by atoms with Gasteiger partial charge in [0.25, 0.3) is 0 Å². The van der Waals surface area contributed by atoms with Gasteiger partial charge in [0.15, 0.2) is 0 Å². The summed E-state index contributed by atoms with van der Waals surface area (Å²) in [7, 11) is 0. The predicted octanol–water partition coefficient (Wildman–Crippen LogP) is 6.10. The Morgan fingerprint density at radius 1 is 1.14 bits per heavy atom. The zero-order valence-corrected chi connectivity index (χ0v) is 13.7. The second-order valence-electron chi connectivity index (χ2n) is 5.86. The van der Waals surface area contributed by atoms with E-state index in [4.69, 9.17) is 0 Å². The monoisotopic (exact) mass is 363 g/mol. The fraction of sp³-hybridized carbons (Fsp3) is 0.625. The van der Waals surface area contributed by atoms with Crippen LogP contribution in [0.5, 0.6) is 0 Å². The van der Waals surface area contributed by atoms with Crippen molar-refractivity contribution in [1.82, 2.24) is 0 Å². The molecule has 0 saturated heterocycles. The Morgan fingerprint density at radius 2 is 1.76 bits per heavy atom. The van der Waals surface area contributed by atoms with Gasteiger partial charge in [-0.3, -0.25) is 0 Å². The maximum Gasteiger partial charge on any atom is 0.418 e. The van der Waals surface area contributed by atoms with Crippen molar-refractivity contribution in [2.24, 2.45) is 11.8 Å². The molecule has 0 heterocycles. The van der Waals surface area contributed by atoms with Crippen LogP contribution in [0.1, 0.15) is 44.6 Å². The Bertz CT molecular complexity index is 465. The average Bonchev–Trinajstić information content (AvgIpc) is 2.44. The van der Waals surface area contributed by atoms with E-state index < -0.39 is 11.7 Å². The zero-order valence-electron chi connectivity index (χ0n) is 12.1. The molecule has 0 spiro atoms. The molecular formula is C16H21BrF3N. The summed E-state index contributed by atoms with van der Waals surface area (Å²) in [6.07, 6.45) is 1.52. The van der Waals surface area contributed by atoms with E-state index in [0.29, 0.717) is 16.9 Å². The number of halogens is 4. The first-order valence-corrected chi connectivity index (χ1v) is 8.30. The minimum Gasteiger partial charge on any atom is -0.384 e. The number of hydrogen-bond donors (Lipinski definition) is 1. The molecule has 1 aromatic carbocycles. The van der Waals surface area contributed by atoms with Crippen LogP contribution >= 0.6 is 15.9 Å². The van der Waals surface area contributed by atoms with Crippen LogP contribution in [0.15, 0.2) is 22.7 Å². The number of alkyl halides is 3. The second kappa shape index (κ2) is 7.03. The molecule has 5 heteroatoms. The Balaban J connectivity index is 1.98. The van der Waals surface area contributed by atoms with Gasteiger partial charge in [0.2, 0.25) is 0 Å². The lowest BCUT2D eigenvalue weighted by Gasteiger charge is -2.28. The number of nitrogens with one attached hydrogen (secondary N) is 1. The molecule has 2 rings (SSSR count). The lowest BCUT2D eigenvalue weighted by atomic mass is 9.81. The third-order valence-corrected chi connectivity index (χ3v) is 4.91. The number of anilines is 1. The number of hydrogen-bond acceptors (Lipinski definition) is 1. The van der Waals surface area contributed by atoms with Crippen molar-refractivity contribution in [2.75, 3.05) is 11.9 Å². The number of rotatable bonds is 4. The van der Waals surface area contributed by atoms with Crippen LogP contribution in [-0.2, 0) is 6.18 Å². The first-order valence-electron chi connectivity index (χ1n) is 7.50. The minimum absolute atomic E-state index is 0.175. The van der Waals surface area contributed by atoms with Gasteiger partial charge in [-0.2, -0.15) is 13.2 Å². The van der Waals surface area contributed by atoms with Crippen molar-refractivity contribution in [3.05, 3.63) is 28.2 Å². The van der Waals surface area contributed by atoms with Gasteiger partial charge in [-0.1, -0.05) is 42.1 Å². The van der Waals surface area contributed by atoms with Crippen LogP contribution in [0.2, 0.25) is 0 Å². The summed E-state index contributed by atoms with van der Waals surface area (Å²) in [5.41, 5.74) is -0.414. The van der Waals surface area contributed by atoms with Crippen LogP contribution in [-0.4, -0.2) is 6.54 Å². The zero-order chi connectivity index (χ0) is 15.5. The smallest absolute Gasteiger partial charge is 0.384 e. The molecule has 1 aliphatic carbocycles. The van der Waals surface area contributed by atoms with Crippen LogP contribution in [0.25, 0.3) is 0 Å². The van der Waals surface area contributed by atoms with Gasteiger partial charge in [-0.15, -0.1) is 0 Å². The Hall–Kier alpha value is -0.710. The Labute approximate surface area is 132 Å². The summed E-state index contributed by atoms with van der Waals surface area (Å²) >= 11 is 3.24. The predicted molar refractivity (Wildman–Crippen MR) is 83.4 cm³/mol. The maximum absolute atomic E-state index is 13.0. The highest BCUT2D eigenvalue weighted by atomic mass is 79.9. The number of benzene rings is 1. The molecule has 0 atom stereocenters. The fourth-order valence-corrected chi connectivity index (χ4v) is 3.37. The first kappa shape index (κ1) is 16.7. The van der Waals surface area contributed by atoms with Gasteiger partial charge in [0.1, 0.15) is 0 Å².